The fourth-order valence-electron chi connectivity index (χ4n) is 3.28. The van der Waals surface area contributed by atoms with Gasteiger partial charge in [0.15, 0.2) is 5.96 Å². The molecule has 1 aromatic rings. The molecule has 0 radical (unpaired) electrons. The van der Waals surface area contributed by atoms with E-state index >= 15 is 0 Å². The van der Waals surface area contributed by atoms with Crippen LogP contribution in [0.15, 0.2) is 23.2 Å². The van der Waals surface area contributed by atoms with Crippen LogP contribution in [0.5, 0.6) is 5.75 Å². The second kappa shape index (κ2) is 13.3. The molecule has 166 valence electrons. The lowest BCUT2D eigenvalue weighted by Crippen LogP contribution is -2.55. The number of rotatable bonds is 8. The van der Waals surface area contributed by atoms with Crippen molar-refractivity contribution in [1.29, 1.82) is 0 Å². The highest BCUT2D eigenvalue weighted by Gasteiger charge is 2.22. The van der Waals surface area contributed by atoms with Crippen LogP contribution in [0.3, 0.4) is 0 Å². The number of hydrogen-bond donors (Lipinski definition) is 2. The topological polar surface area (TPSA) is 52.1 Å². The van der Waals surface area contributed by atoms with Gasteiger partial charge in [0, 0.05) is 51.4 Å². The van der Waals surface area contributed by atoms with Gasteiger partial charge in [0.2, 0.25) is 0 Å². The molecule has 6 nitrogen and oxygen atoms in total. The first kappa shape index (κ1) is 26.0. The molecule has 1 aromatic carbocycles. The minimum absolute atomic E-state index is 0. The number of guanidine groups is 1. The number of aliphatic imine (C=N–C) groups is 1. The van der Waals surface area contributed by atoms with Crippen LogP contribution in [0.2, 0.25) is 0 Å². The van der Waals surface area contributed by atoms with Gasteiger partial charge in [-0.25, -0.2) is 0 Å². The molecule has 0 aliphatic carbocycles. The first-order valence-corrected chi connectivity index (χ1v) is 10.4. The standard InChI is InChI=1S/C22H39N5O.HI/c1-17(2)9-12-28-21-13-18(3)7-8-19(21)14-24-22(23-4)25-15-20-16-26(5)10-11-27(20)6;/h7-8,13,17,20H,9-12,14-16H2,1-6H3,(H2,23,24,25);1H. The maximum atomic E-state index is 6.06. The second-order valence-corrected chi connectivity index (χ2v) is 8.35. The number of nitrogens with zero attached hydrogens (tertiary/aromatic N) is 3. The van der Waals surface area contributed by atoms with Crippen LogP contribution in [0, 0.1) is 12.8 Å². The molecule has 1 aliphatic heterocycles. The lowest BCUT2D eigenvalue weighted by atomic mass is 10.1. The van der Waals surface area contributed by atoms with Gasteiger partial charge < -0.3 is 20.3 Å². The Hall–Kier alpha value is -1.06. The van der Waals surface area contributed by atoms with E-state index in [2.05, 4.69) is 78.5 Å². The number of nitrogens with one attached hydrogen (secondary N) is 2. The number of halogens is 1. The van der Waals surface area contributed by atoms with Crippen LogP contribution >= 0.6 is 24.0 Å². The van der Waals surface area contributed by atoms with Crippen molar-refractivity contribution in [3.8, 4) is 5.75 Å². The Kier molecular flexibility index (Phi) is 11.9. The van der Waals surface area contributed by atoms with Gasteiger partial charge in [-0.1, -0.05) is 26.0 Å². The van der Waals surface area contributed by atoms with Crippen molar-refractivity contribution >= 4 is 29.9 Å². The Labute approximate surface area is 194 Å². The fraction of sp³-hybridized carbons (Fsp3) is 0.682. The Morgan fingerprint density at radius 2 is 2.00 bits per heavy atom. The summed E-state index contributed by atoms with van der Waals surface area (Å²) in [5.74, 6) is 2.44. The molecular weight excluding hydrogens is 477 g/mol. The van der Waals surface area contributed by atoms with E-state index in [1.165, 1.54) is 5.56 Å². The van der Waals surface area contributed by atoms with Crippen LogP contribution in [0.4, 0.5) is 0 Å². The molecule has 0 amide bonds. The zero-order chi connectivity index (χ0) is 20.5. The maximum absolute atomic E-state index is 6.06. The van der Waals surface area contributed by atoms with Gasteiger partial charge in [-0.2, -0.15) is 0 Å². The molecule has 7 heteroatoms. The third-order valence-electron chi connectivity index (χ3n) is 5.33. The van der Waals surface area contributed by atoms with E-state index in [9.17, 15) is 0 Å². The van der Waals surface area contributed by atoms with Gasteiger partial charge in [-0.3, -0.25) is 9.89 Å². The highest BCUT2D eigenvalue weighted by atomic mass is 127. The third kappa shape index (κ3) is 9.09. The molecule has 2 N–H and O–H groups in total. The quantitative estimate of drug-likeness (QED) is 0.316. The largest absolute Gasteiger partial charge is 0.493 e. The van der Waals surface area contributed by atoms with Gasteiger partial charge in [0.25, 0.3) is 0 Å². The molecule has 0 spiro atoms. The summed E-state index contributed by atoms with van der Waals surface area (Å²) in [6.45, 7) is 12.2. The predicted octanol–water partition coefficient (Wildman–Crippen LogP) is 2.95. The predicted molar refractivity (Wildman–Crippen MR) is 134 cm³/mol. The van der Waals surface area contributed by atoms with Crippen molar-refractivity contribution in [1.82, 2.24) is 20.4 Å². The van der Waals surface area contributed by atoms with E-state index in [-0.39, 0.29) is 24.0 Å². The summed E-state index contributed by atoms with van der Waals surface area (Å²) < 4.78 is 6.06. The van der Waals surface area contributed by atoms with Crippen molar-refractivity contribution in [2.24, 2.45) is 10.9 Å². The first-order chi connectivity index (χ1) is 13.4. The molecule has 0 saturated carbocycles. The van der Waals surface area contributed by atoms with E-state index in [1.54, 1.807) is 0 Å². The minimum Gasteiger partial charge on any atom is -0.493 e. The normalized spacial score (nSPS) is 18.4. The molecular formula is C22H40IN5O. The van der Waals surface area contributed by atoms with Crippen molar-refractivity contribution in [3.63, 3.8) is 0 Å². The Balaban J connectivity index is 0.00000420. The van der Waals surface area contributed by atoms with Crippen molar-refractivity contribution in [3.05, 3.63) is 29.3 Å². The van der Waals surface area contributed by atoms with Gasteiger partial charge in [-0.05, 0) is 45.0 Å². The van der Waals surface area contributed by atoms with Crippen LogP contribution < -0.4 is 15.4 Å². The summed E-state index contributed by atoms with van der Waals surface area (Å²) in [6.07, 6.45) is 1.06. The fourth-order valence-corrected chi connectivity index (χ4v) is 3.28. The average molecular weight is 518 g/mol. The minimum atomic E-state index is 0. The van der Waals surface area contributed by atoms with E-state index in [0.717, 1.165) is 56.5 Å². The summed E-state index contributed by atoms with van der Waals surface area (Å²) in [6, 6.07) is 6.89. The highest BCUT2D eigenvalue weighted by Crippen LogP contribution is 2.21. The van der Waals surface area contributed by atoms with Crippen LogP contribution in [0.25, 0.3) is 0 Å². The smallest absolute Gasteiger partial charge is 0.191 e. The summed E-state index contributed by atoms with van der Waals surface area (Å²) in [5, 5.41) is 6.92. The van der Waals surface area contributed by atoms with Crippen LogP contribution in [-0.4, -0.2) is 75.7 Å². The molecule has 1 saturated heterocycles. The maximum Gasteiger partial charge on any atom is 0.191 e. The summed E-state index contributed by atoms with van der Waals surface area (Å²) in [5.41, 5.74) is 2.38. The molecule has 1 heterocycles. The first-order valence-electron chi connectivity index (χ1n) is 10.4. The molecule has 1 atom stereocenters. The van der Waals surface area contributed by atoms with Gasteiger partial charge in [-0.15, -0.1) is 24.0 Å². The molecule has 0 aromatic heterocycles. The number of piperazine rings is 1. The van der Waals surface area contributed by atoms with E-state index < -0.39 is 0 Å². The highest BCUT2D eigenvalue weighted by molar-refractivity contribution is 14.0. The number of ether oxygens (including phenoxy) is 1. The second-order valence-electron chi connectivity index (χ2n) is 8.35. The molecule has 29 heavy (non-hydrogen) atoms. The molecule has 0 bridgehead atoms. The average Bonchev–Trinajstić information content (AvgIpc) is 2.65. The van der Waals surface area contributed by atoms with Crippen molar-refractivity contribution in [2.75, 3.05) is 53.9 Å². The SMILES string of the molecule is CN=C(NCc1ccc(C)cc1OCCC(C)C)NCC1CN(C)CCN1C.I. The summed E-state index contributed by atoms with van der Waals surface area (Å²) >= 11 is 0. The van der Waals surface area contributed by atoms with Crippen LogP contribution in [0.1, 0.15) is 31.4 Å². The zero-order valence-electron chi connectivity index (χ0n) is 19.0. The number of hydrogen-bond acceptors (Lipinski definition) is 4. The van der Waals surface area contributed by atoms with E-state index in [0.29, 0.717) is 18.5 Å². The molecule has 1 unspecified atom stereocenters. The number of likely N-dealkylation sites (N-methyl/N-ethyl adjacent to an activating group) is 2. The van der Waals surface area contributed by atoms with Gasteiger partial charge >= 0.3 is 0 Å². The third-order valence-corrected chi connectivity index (χ3v) is 5.33. The Morgan fingerprint density at radius 1 is 1.24 bits per heavy atom. The van der Waals surface area contributed by atoms with Crippen LogP contribution in [-0.2, 0) is 6.54 Å². The number of aryl methyl sites for hydroxylation is 1. The van der Waals surface area contributed by atoms with E-state index in [4.69, 9.17) is 4.74 Å². The Morgan fingerprint density at radius 3 is 2.69 bits per heavy atom. The molecule has 1 fully saturated rings. The molecule has 2 rings (SSSR count). The monoisotopic (exact) mass is 517 g/mol. The zero-order valence-corrected chi connectivity index (χ0v) is 21.3. The molecule has 1 aliphatic rings. The van der Waals surface area contributed by atoms with Gasteiger partial charge in [0.05, 0.1) is 6.61 Å². The summed E-state index contributed by atoms with van der Waals surface area (Å²) in [7, 11) is 6.20. The van der Waals surface area contributed by atoms with Crippen molar-refractivity contribution in [2.45, 2.75) is 39.8 Å². The Bertz CT molecular complexity index is 638. The van der Waals surface area contributed by atoms with Gasteiger partial charge in [0.1, 0.15) is 5.75 Å². The van der Waals surface area contributed by atoms with Crippen molar-refractivity contribution < 1.29 is 4.74 Å². The lowest BCUT2D eigenvalue weighted by Gasteiger charge is -2.37. The number of benzene rings is 1. The van der Waals surface area contributed by atoms with E-state index in [1.807, 2.05) is 7.05 Å². The lowest BCUT2D eigenvalue weighted by molar-refractivity contribution is 0.116. The summed E-state index contributed by atoms with van der Waals surface area (Å²) in [4.78, 5) is 9.19.